The summed E-state index contributed by atoms with van der Waals surface area (Å²) in [5, 5.41) is -4.70. The van der Waals surface area contributed by atoms with Gasteiger partial charge in [-0.1, -0.05) is 6.42 Å². The number of alkyl halides is 2. The van der Waals surface area contributed by atoms with Crippen molar-refractivity contribution in [3.8, 4) is 0 Å². The third-order valence-electron chi connectivity index (χ3n) is 10.6. The number of hydrogen-bond donors (Lipinski definition) is 1. The zero-order chi connectivity index (χ0) is 30.2. The standard InChI is InChI=1S/C27H34F2O12S/c1-26(8-13-3-2-12-4-14(13)6-15(26)5-12)41-25(33)21-17-7-16-20(21)24(32)40-23(16)22(17)39-19(31)10-37-9-18(30)38-11-27(28,29)42(34,35)36/h12-17,20-23H,2-11H2,1H3,(H,34,35,36). The van der Waals surface area contributed by atoms with Crippen LogP contribution in [0.15, 0.2) is 0 Å². The Morgan fingerprint density at radius 3 is 2.52 bits per heavy atom. The van der Waals surface area contributed by atoms with Crippen molar-refractivity contribution in [2.45, 2.75) is 74.9 Å². The van der Waals surface area contributed by atoms with Crippen LogP contribution in [0.1, 0.15) is 51.9 Å². The maximum Gasteiger partial charge on any atom is 0.402 e. The largest absolute Gasteiger partial charge is 0.459 e. The molecule has 15 heteroatoms. The fourth-order valence-corrected chi connectivity index (χ4v) is 9.03. The summed E-state index contributed by atoms with van der Waals surface area (Å²) in [5.41, 5.74) is -0.610. The molecule has 0 radical (unpaired) electrons. The highest BCUT2D eigenvalue weighted by atomic mass is 32.2. The highest BCUT2D eigenvalue weighted by molar-refractivity contribution is 7.86. The molecule has 11 unspecified atom stereocenters. The normalized spacial score (nSPS) is 41.4. The quantitative estimate of drug-likeness (QED) is 0.214. The highest BCUT2D eigenvalue weighted by Crippen LogP contribution is 2.61. The van der Waals surface area contributed by atoms with Gasteiger partial charge in [0.05, 0.1) is 11.8 Å². The lowest BCUT2D eigenvalue weighted by Crippen LogP contribution is -2.54. The first-order chi connectivity index (χ1) is 19.7. The zero-order valence-corrected chi connectivity index (χ0v) is 23.8. The first-order valence-corrected chi connectivity index (χ1v) is 15.8. The SMILES string of the molecule is CC1(OC(=O)C2C3CC4C(OC(=O)C42)C3OC(=O)COCC(=O)OCC(F)(F)S(=O)(=O)O)CC2CCC3CC2CC1C3. The smallest absolute Gasteiger partial charge is 0.402 e. The molecule has 1 aliphatic heterocycles. The van der Waals surface area contributed by atoms with Gasteiger partial charge >= 0.3 is 39.2 Å². The number of esters is 4. The van der Waals surface area contributed by atoms with Crippen molar-refractivity contribution in [2.75, 3.05) is 19.8 Å². The maximum absolute atomic E-state index is 13.7. The van der Waals surface area contributed by atoms with Gasteiger partial charge in [0.25, 0.3) is 0 Å². The average Bonchev–Trinajstić information content (AvgIpc) is 3.52. The van der Waals surface area contributed by atoms with Crippen molar-refractivity contribution >= 4 is 34.0 Å². The topological polar surface area (TPSA) is 169 Å². The van der Waals surface area contributed by atoms with Gasteiger partial charge in [-0.2, -0.15) is 17.2 Å². The number of ether oxygens (including phenoxy) is 5. The molecule has 6 fully saturated rings. The summed E-state index contributed by atoms with van der Waals surface area (Å²) < 4.78 is 82.2. The van der Waals surface area contributed by atoms with E-state index in [1.807, 2.05) is 6.92 Å². The van der Waals surface area contributed by atoms with Gasteiger partial charge in [-0.3, -0.25) is 14.1 Å². The average molecular weight is 621 g/mol. The van der Waals surface area contributed by atoms with Crippen LogP contribution in [0.4, 0.5) is 8.78 Å². The zero-order valence-electron chi connectivity index (χ0n) is 22.9. The highest BCUT2D eigenvalue weighted by Gasteiger charge is 2.70. The second kappa shape index (κ2) is 10.4. The van der Waals surface area contributed by atoms with Gasteiger partial charge in [-0.05, 0) is 69.1 Å². The van der Waals surface area contributed by atoms with Gasteiger partial charge in [-0.15, -0.1) is 0 Å². The maximum atomic E-state index is 13.7. The predicted octanol–water partition coefficient (Wildman–Crippen LogP) is 1.89. The van der Waals surface area contributed by atoms with Crippen LogP contribution in [-0.4, -0.2) is 79.7 Å². The van der Waals surface area contributed by atoms with E-state index in [0.717, 1.165) is 25.7 Å². The molecule has 5 aliphatic carbocycles. The van der Waals surface area contributed by atoms with E-state index in [2.05, 4.69) is 4.74 Å². The van der Waals surface area contributed by atoms with Gasteiger partial charge in [0.2, 0.25) is 0 Å². The number of rotatable bonds is 10. The molecule has 1 heterocycles. The number of halogens is 2. The van der Waals surface area contributed by atoms with E-state index in [1.165, 1.54) is 12.8 Å². The van der Waals surface area contributed by atoms with Crippen molar-refractivity contribution in [3.05, 3.63) is 0 Å². The third kappa shape index (κ3) is 5.08. The molecular weight excluding hydrogens is 586 g/mol. The van der Waals surface area contributed by atoms with Crippen LogP contribution in [0.3, 0.4) is 0 Å². The Kier molecular flexibility index (Phi) is 7.32. The first kappa shape index (κ1) is 29.7. The summed E-state index contributed by atoms with van der Waals surface area (Å²) in [6.07, 6.45) is 5.34. The summed E-state index contributed by atoms with van der Waals surface area (Å²) in [4.78, 5) is 50.6. The molecule has 234 valence electrons. The number of carbonyl (C=O) groups excluding carboxylic acids is 4. The van der Waals surface area contributed by atoms with Crippen molar-refractivity contribution in [2.24, 2.45) is 47.3 Å². The van der Waals surface area contributed by atoms with Gasteiger partial charge < -0.3 is 23.7 Å². The van der Waals surface area contributed by atoms with E-state index in [-0.39, 0.29) is 11.8 Å². The third-order valence-corrected chi connectivity index (χ3v) is 11.5. The Morgan fingerprint density at radius 2 is 1.79 bits per heavy atom. The summed E-state index contributed by atoms with van der Waals surface area (Å²) in [6, 6.07) is 0. The molecule has 0 aromatic rings. The Bertz CT molecular complexity index is 1270. The number of fused-ring (bicyclic) bond motifs is 3. The van der Waals surface area contributed by atoms with Crippen molar-refractivity contribution in [1.82, 2.24) is 0 Å². The van der Waals surface area contributed by atoms with E-state index in [1.54, 1.807) is 0 Å². The lowest BCUT2D eigenvalue weighted by Gasteiger charge is -2.55. The van der Waals surface area contributed by atoms with Crippen LogP contribution in [0.2, 0.25) is 0 Å². The van der Waals surface area contributed by atoms with Crippen LogP contribution < -0.4 is 0 Å². The molecule has 1 saturated heterocycles. The van der Waals surface area contributed by atoms with E-state index in [4.69, 9.17) is 23.5 Å². The predicted molar refractivity (Wildman–Crippen MR) is 133 cm³/mol. The molecule has 5 bridgehead atoms. The molecule has 12 nitrogen and oxygen atoms in total. The molecule has 0 amide bonds. The second-order valence-corrected chi connectivity index (χ2v) is 14.6. The van der Waals surface area contributed by atoms with E-state index in [9.17, 15) is 36.4 Å². The van der Waals surface area contributed by atoms with Gasteiger partial charge in [-0.25, -0.2) is 9.59 Å². The summed E-state index contributed by atoms with van der Waals surface area (Å²) >= 11 is 0. The molecule has 0 spiro atoms. The fraction of sp³-hybridized carbons (Fsp3) is 0.852. The molecule has 0 aromatic carbocycles. The van der Waals surface area contributed by atoms with Crippen LogP contribution in [0.25, 0.3) is 0 Å². The lowest BCUT2D eigenvalue weighted by molar-refractivity contribution is -0.194. The van der Waals surface area contributed by atoms with Crippen molar-refractivity contribution < 1.29 is 64.6 Å². The Hall–Kier alpha value is -2.39. The monoisotopic (exact) mass is 620 g/mol. The molecule has 0 aromatic heterocycles. The molecule has 5 saturated carbocycles. The summed E-state index contributed by atoms with van der Waals surface area (Å²) in [5.74, 6) is -3.43. The number of hydrogen-bond acceptors (Lipinski definition) is 11. The van der Waals surface area contributed by atoms with Crippen molar-refractivity contribution in [3.63, 3.8) is 0 Å². The molecule has 1 N–H and O–H groups in total. The minimum absolute atomic E-state index is 0.278. The minimum atomic E-state index is -5.78. The Morgan fingerprint density at radius 1 is 1.05 bits per heavy atom. The Labute approximate surface area is 240 Å². The molecule has 6 rings (SSSR count). The molecular formula is C27H34F2O12S. The van der Waals surface area contributed by atoms with E-state index >= 15 is 0 Å². The van der Waals surface area contributed by atoms with Gasteiger partial charge in [0, 0.05) is 11.8 Å². The minimum Gasteiger partial charge on any atom is -0.459 e. The molecule has 42 heavy (non-hydrogen) atoms. The van der Waals surface area contributed by atoms with Crippen LogP contribution in [0.5, 0.6) is 0 Å². The van der Waals surface area contributed by atoms with Crippen LogP contribution in [0, 0.1) is 47.3 Å². The molecule has 6 aliphatic rings. The Balaban J connectivity index is 1.04. The van der Waals surface area contributed by atoms with Crippen LogP contribution >= 0.6 is 0 Å². The van der Waals surface area contributed by atoms with E-state index in [0.29, 0.717) is 24.2 Å². The summed E-state index contributed by atoms with van der Waals surface area (Å²) in [7, 11) is -5.78. The molecule has 11 atom stereocenters. The lowest BCUT2D eigenvalue weighted by atomic mass is 9.53. The first-order valence-electron chi connectivity index (χ1n) is 14.4. The van der Waals surface area contributed by atoms with Gasteiger partial charge in [0.15, 0.2) is 6.61 Å². The second-order valence-electron chi connectivity index (χ2n) is 13.0. The summed E-state index contributed by atoms with van der Waals surface area (Å²) in [6.45, 7) is -1.69. The van der Waals surface area contributed by atoms with Crippen molar-refractivity contribution in [1.29, 1.82) is 0 Å². The van der Waals surface area contributed by atoms with Crippen LogP contribution in [-0.2, 0) is 53.0 Å². The fourth-order valence-electron chi connectivity index (χ4n) is 8.82. The van der Waals surface area contributed by atoms with Gasteiger partial charge in [0.1, 0.15) is 31.0 Å². The number of carbonyl (C=O) groups is 4. The van der Waals surface area contributed by atoms with E-state index < -0.39 is 94.6 Å².